The standard InChI is InChI=1S/C15H20FN3O3/c16-12-3-4-14(15(10-12)19(20)21)18-5-1-2-13(18)11-17-6-8-22-9-7-17/h3-4,10,13H,1-2,5-9,11H2/t13-/m1/s1. The quantitative estimate of drug-likeness (QED) is 0.629. The zero-order chi connectivity index (χ0) is 15.5. The fraction of sp³-hybridized carbons (Fsp3) is 0.600. The summed E-state index contributed by atoms with van der Waals surface area (Å²) >= 11 is 0. The van der Waals surface area contributed by atoms with E-state index in [0.29, 0.717) is 5.69 Å². The number of nitro groups is 1. The van der Waals surface area contributed by atoms with Crippen molar-refractivity contribution < 1.29 is 14.1 Å². The molecule has 0 aliphatic carbocycles. The molecule has 0 radical (unpaired) electrons. The van der Waals surface area contributed by atoms with Crippen molar-refractivity contribution in [2.75, 3.05) is 44.3 Å². The Morgan fingerprint density at radius 3 is 2.82 bits per heavy atom. The van der Waals surface area contributed by atoms with Crippen molar-refractivity contribution >= 4 is 11.4 Å². The normalized spacial score (nSPS) is 23.0. The maximum atomic E-state index is 13.3. The van der Waals surface area contributed by atoms with Gasteiger partial charge in [-0.3, -0.25) is 15.0 Å². The second-order valence-corrected chi connectivity index (χ2v) is 5.79. The Morgan fingerprint density at radius 2 is 2.09 bits per heavy atom. The summed E-state index contributed by atoms with van der Waals surface area (Å²) in [5.74, 6) is -0.570. The maximum Gasteiger partial charge on any atom is 0.295 e. The maximum absolute atomic E-state index is 13.3. The van der Waals surface area contributed by atoms with E-state index in [-0.39, 0.29) is 11.7 Å². The highest BCUT2D eigenvalue weighted by molar-refractivity contribution is 5.64. The van der Waals surface area contributed by atoms with Gasteiger partial charge < -0.3 is 9.64 Å². The average molecular weight is 309 g/mol. The van der Waals surface area contributed by atoms with E-state index in [1.165, 1.54) is 12.1 Å². The molecule has 2 saturated heterocycles. The largest absolute Gasteiger partial charge is 0.379 e. The molecule has 0 amide bonds. The Labute approximate surface area is 128 Å². The van der Waals surface area contributed by atoms with Crippen LogP contribution in [0.3, 0.4) is 0 Å². The third-order valence-electron chi connectivity index (χ3n) is 4.39. The molecule has 1 aromatic carbocycles. The van der Waals surface area contributed by atoms with Gasteiger partial charge in [0.15, 0.2) is 0 Å². The molecule has 0 aromatic heterocycles. The van der Waals surface area contributed by atoms with Gasteiger partial charge in [0, 0.05) is 32.2 Å². The van der Waals surface area contributed by atoms with Crippen LogP contribution in [0.15, 0.2) is 18.2 Å². The van der Waals surface area contributed by atoms with Gasteiger partial charge in [0.1, 0.15) is 11.5 Å². The molecule has 3 rings (SSSR count). The fourth-order valence-electron chi connectivity index (χ4n) is 3.31. The lowest BCUT2D eigenvalue weighted by molar-refractivity contribution is -0.384. The summed E-state index contributed by atoms with van der Waals surface area (Å²) in [6, 6.07) is 4.08. The summed E-state index contributed by atoms with van der Waals surface area (Å²) < 4.78 is 18.7. The van der Waals surface area contributed by atoms with Gasteiger partial charge in [-0.25, -0.2) is 4.39 Å². The first-order valence-corrected chi connectivity index (χ1v) is 7.66. The summed E-state index contributed by atoms with van der Waals surface area (Å²) in [5, 5.41) is 11.2. The van der Waals surface area contributed by atoms with Crippen LogP contribution >= 0.6 is 0 Å². The fourth-order valence-corrected chi connectivity index (χ4v) is 3.31. The van der Waals surface area contributed by atoms with Crippen LogP contribution in [0.2, 0.25) is 0 Å². The SMILES string of the molecule is O=[N+]([O-])c1cc(F)ccc1N1CCC[C@@H]1CN1CCOCC1. The van der Waals surface area contributed by atoms with Crippen molar-refractivity contribution in [3.8, 4) is 0 Å². The van der Waals surface area contributed by atoms with Crippen LogP contribution in [0.4, 0.5) is 15.8 Å². The molecule has 2 aliphatic heterocycles. The van der Waals surface area contributed by atoms with E-state index >= 15 is 0 Å². The molecule has 0 N–H and O–H groups in total. The third kappa shape index (κ3) is 3.20. The van der Waals surface area contributed by atoms with E-state index in [1.807, 2.05) is 0 Å². The number of nitro benzene ring substituents is 1. The lowest BCUT2D eigenvalue weighted by Gasteiger charge is -2.33. The number of hydrogen-bond donors (Lipinski definition) is 0. The molecule has 7 heteroatoms. The van der Waals surface area contributed by atoms with Gasteiger partial charge in [0.05, 0.1) is 24.2 Å². The predicted octanol–water partition coefficient (Wildman–Crippen LogP) is 2.03. The highest BCUT2D eigenvalue weighted by Gasteiger charge is 2.31. The first-order chi connectivity index (χ1) is 10.6. The number of nitrogens with zero attached hydrogens (tertiary/aromatic N) is 3. The van der Waals surface area contributed by atoms with Gasteiger partial charge in [0.2, 0.25) is 0 Å². The minimum absolute atomic E-state index is 0.145. The molecule has 6 nitrogen and oxygen atoms in total. The number of rotatable bonds is 4. The summed E-state index contributed by atoms with van der Waals surface area (Å²) in [6.07, 6.45) is 2.01. The van der Waals surface area contributed by atoms with E-state index in [0.717, 1.165) is 58.3 Å². The van der Waals surface area contributed by atoms with Crippen molar-refractivity contribution in [2.24, 2.45) is 0 Å². The summed E-state index contributed by atoms with van der Waals surface area (Å²) in [7, 11) is 0. The minimum atomic E-state index is -0.570. The predicted molar refractivity (Wildman–Crippen MR) is 80.7 cm³/mol. The zero-order valence-electron chi connectivity index (χ0n) is 12.4. The molecular formula is C15H20FN3O3. The van der Waals surface area contributed by atoms with Crippen molar-refractivity contribution in [1.82, 2.24) is 4.90 Å². The Balaban J connectivity index is 1.79. The molecule has 2 fully saturated rings. The molecular weight excluding hydrogens is 289 g/mol. The van der Waals surface area contributed by atoms with Crippen LogP contribution < -0.4 is 4.90 Å². The van der Waals surface area contributed by atoms with Crippen molar-refractivity contribution in [3.05, 3.63) is 34.1 Å². The summed E-state index contributed by atoms with van der Waals surface area (Å²) in [6.45, 7) is 4.93. The third-order valence-corrected chi connectivity index (χ3v) is 4.39. The number of halogens is 1. The molecule has 120 valence electrons. The lowest BCUT2D eigenvalue weighted by Crippen LogP contribution is -2.45. The first-order valence-electron chi connectivity index (χ1n) is 7.66. The van der Waals surface area contributed by atoms with Crippen molar-refractivity contribution in [1.29, 1.82) is 0 Å². The van der Waals surface area contributed by atoms with Crippen LogP contribution in [0.1, 0.15) is 12.8 Å². The lowest BCUT2D eigenvalue weighted by atomic mass is 10.1. The topological polar surface area (TPSA) is 58.9 Å². The van der Waals surface area contributed by atoms with E-state index in [9.17, 15) is 14.5 Å². The van der Waals surface area contributed by atoms with Gasteiger partial charge >= 0.3 is 0 Å². The molecule has 0 unspecified atom stereocenters. The smallest absolute Gasteiger partial charge is 0.295 e. The molecule has 1 atom stereocenters. The molecule has 0 bridgehead atoms. The van der Waals surface area contributed by atoms with Crippen LogP contribution in [-0.4, -0.2) is 55.3 Å². The molecule has 0 saturated carbocycles. The van der Waals surface area contributed by atoms with E-state index in [2.05, 4.69) is 9.80 Å². The molecule has 22 heavy (non-hydrogen) atoms. The van der Waals surface area contributed by atoms with Gasteiger partial charge in [-0.1, -0.05) is 0 Å². The number of ether oxygens (including phenoxy) is 1. The van der Waals surface area contributed by atoms with E-state index in [1.54, 1.807) is 0 Å². The Hall–Kier alpha value is -1.73. The van der Waals surface area contributed by atoms with Gasteiger partial charge in [-0.05, 0) is 25.0 Å². The summed E-state index contributed by atoms with van der Waals surface area (Å²) in [5.41, 5.74) is 0.385. The number of anilines is 1. The van der Waals surface area contributed by atoms with E-state index in [4.69, 9.17) is 4.74 Å². The van der Waals surface area contributed by atoms with Crippen LogP contribution in [0.25, 0.3) is 0 Å². The Morgan fingerprint density at radius 1 is 1.32 bits per heavy atom. The van der Waals surface area contributed by atoms with Crippen LogP contribution in [0.5, 0.6) is 0 Å². The highest BCUT2D eigenvalue weighted by Crippen LogP contribution is 2.34. The van der Waals surface area contributed by atoms with Gasteiger partial charge in [0.25, 0.3) is 5.69 Å². The number of morpholine rings is 1. The number of benzene rings is 1. The number of hydrogen-bond acceptors (Lipinski definition) is 5. The van der Waals surface area contributed by atoms with Crippen molar-refractivity contribution in [2.45, 2.75) is 18.9 Å². The molecule has 1 aromatic rings. The second kappa shape index (κ2) is 6.58. The van der Waals surface area contributed by atoms with Gasteiger partial charge in [-0.15, -0.1) is 0 Å². The van der Waals surface area contributed by atoms with Crippen molar-refractivity contribution in [3.63, 3.8) is 0 Å². The van der Waals surface area contributed by atoms with Crippen LogP contribution in [-0.2, 0) is 4.74 Å². The average Bonchev–Trinajstić information content (AvgIpc) is 2.96. The second-order valence-electron chi connectivity index (χ2n) is 5.79. The Bertz CT molecular complexity index is 549. The monoisotopic (exact) mass is 309 g/mol. The molecule has 0 spiro atoms. The van der Waals surface area contributed by atoms with Gasteiger partial charge in [-0.2, -0.15) is 0 Å². The summed E-state index contributed by atoms with van der Waals surface area (Å²) in [4.78, 5) is 15.1. The van der Waals surface area contributed by atoms with E-state index < -0.39 is 10.7 Å². The first kappa shape index (κ1) is 15.2. The highest BCUT2D eigenvalue weighted by atomic mass is 19.1. The minimum Gasteiger partial charge on any atom is -0.379 e. The zero-order valence-corrected chi connectivity index (χ0v) is 12.4. The van der Waals surface area contributed by atoms with Crippen LogP contribution in [0, 0.1) is 15.9 Å². The Kier molecular flexibility index (Phi) is 4.54. The molecule has 2 aliphatic rings. The molecule has 2 heterocycles.